The molecule has 158 valence electrons. The maximum absolute atomic E-state index is 13.4. The van der Waals surface area contributed by atoms with Gasteiger partial charge in [-0.2, -0.15) is 25.3 Å². The van der Waals surface area contributed by atoms with E-state index in [0.717, 1.165) is 11.1 Å². The van der Waals surface area contributed by atoms with E-state index in [4.69, 9.17) is 0 Å². The largest absolute Gasteiger partial charge is 0.321 e. The van der Waals surface area contributed by atoms with Crippen LogP contribution in [-0.2, 0) is 11.3 Å². The number of fused-ring (bicyclic) bond motifs is 1. The van der Waals surface area contributed by atoms with Crippen LogP contribution in [0.5, 0.6) is 0 Å². The Hall–Kier alpha value is -2.32. The highest BCUT2D eigenvalue weighted by Crippen LogP contribution is 2.53. The first kappa shape index (κ1) is 20.9. The van der Waals surface area contributed by atoms with E-state index < -0.39 is 11.3 Å². The van der Waals surface area contributed by atoms with Gasteiger partial charge in [-0.15, -0.1) is 0 Å². The SMILES string of the molecule is O=C1NC2(c3ccccc3)NC(=O)N(CCCS)C2(c2ccccc2)N1CCCS. The monoisotopic (exact) mass is 442 g/mol. The summed E-state index contributed by atoms with van der Waals surface area (Å²) in [6.45, 7) is 0.955. The number of urea groups is 2. The molecule has 6 nitrogen and oxygen atoms in total. The van der Waals surface area contributed by atoms with Crippen LogP contribution in [0.25, 0.3) is 0 Å². The number of hydrogen-bond acceptors (Lipinski definition) is 4. The van der Waals surface area contributed by atoms with Gasteiger partial charge >= 0.3 is 12.1 Å². The lowest BCUT2D eigenvalue weighted by molar-refractivity contribution is -0.0123. The highest BCUT2D eigenvalue weighted by atomic mass is 32.1. The molecule has 8 heteroatoms. The average molecular weight is 443 g/mol. The molecule has 2 heterocycles. The Bertz CT molecular complexity index is 880. The van der Waals surface area contributed by atoms with Crippen LogP contribution in [0.4, 0.5) is 9.59 Å². The van der Waals surface area contributed by atoms with Crippen LogP contribution < -0.4 is 10.6 Å². The van der Waals surface area contributed by atoms with Gasteiger partial charge in [0.15, 0.2) is 11.3 Å². The first-order valence-corrected chi connectivity index (χ1v) is 11.4. The summed E-state index contributed by atoms with van der Waals surface area (Å²) in [5.74, 6) is 1.29. The minimum atomic E-state index is -1.11. The molecule has 2 saturated heterocycles. The Morgan fingerprint density at radius 1 is 0.700 bits per heavy atom. The fraction of sp³-hybridized carbons (Fsp3) is 0.364. The van der Waals surface area contributed by atoms with Crippen molar-refractivity contribution in [1.82, 2.24) is 20.4 Å². The van der Waals surface area contributed by atoms with E-state index in [2.05, 4.69) is 35.9 Å². The standard InChI is InChI=1S/C22H26N4O2S2/c27-19-23-21(17-9-3-1-4-10-17)22(25(19)13-7-15-29,18-11-5-2-6-12-18)26(14-8-16-30)20(28)24-21/h1-6,9-12,29-30H,7-8,13-16H2,(H,23,27)(H,24,28). The molecule has 2 aliphatic rings. The summed E-state index contributed by atoms with van der Waals surface area (Å²) in [4.78, 5) is 30.3. The lowest BCUT2D eigenvalue weighted by Gasteiger charge is -2.47. The lowest BCUT2D eigenvalue weighted by Crippen LogP contribution is -2.62. The molecule has 0 aliphatic carbocycles. The molecule has 2 aliphatic heterocycles. The third-order valence-corrected chi connectivity index (χ3v) is 6.48. The van der Waals surface area contributed by atoms with Gasteiger partial charge in [0, 0.05) is 24.2 Å². The fourth-order valence-electron chi connectivity index (χ4n) is 4.72. The van der Waals surface area contributed by atoms with Crippen molar-refractivity contribution >= 4 is 37.3 Å². The van der Waals surface area contributed by atoms with Gasteiger partial charge < -0.3 is 10.6 Å². The molecule has 4 amide bonds. The van der Waals surface area contributed by atoms with Crippen molar-refractivity contribution in [3.8, 4) is 0 Å². The van der Waals surface area contributed by atoms with E-state index >= 15 is 0 Å². The summed E-state index contributed by atoms with van der Waals surface area (Å²) >= 11 is 8.71. The minimum absolute atomic E-state index is 0.208. The Labute approximate surface area is 187 Å². The number of thiol groups is 2. The number of benzene rings is 2. The second kappa shape index (κ2) is 8.43. The summed E-state index contributed by atoms with van der Waals surface area (Å²) in [6, 6.07) is 19.0. The van der Waals surface area contributed by atoms with E-state index in [9.17, 15) is 9.59 Å². The number of carbonyl (C=O) groups is 2. The van der Waals surface area contributed by atoms with Gasteiger partial charge in [-0.1, -0.05) is 60.7 Å². The van der Waals surface area contributed by atoms with Gasteiger partial charge in [0.2, 0.25) is 0 Å². The Kier molecular flexibility index (Phi) is 5.88. The number of carbonyl (C=O) groups excluding carboxylic acids is 2. The van der Waals surface area contributed by atoms with Crippen molar-refractivity contribution in [3.63, 3.8) is 0 Å². The molecule has 0 bridgehead atoms. The molecule has 0 saturated carbocycles. The van der Waals surface area contributed by atoms with Crippen molar-refractivity contribution in [2.24, 2.45) is 0 Å². The van der Waals surface area contributed by atoms with Crippen LogP contribution in [0, 0.1) is 0 Å². The molecule has 0 aromatic heterocycles. The van der Waals surface area contributed by atoms with Crippen LogP contribution in [0.15, 0.2) is 60.7 Å². The molecule has 0 spiro atoms. The normalized spacial score (nSPS) is 25.3. The number of nitrogens with one attached hydrogen (secondary N) is 2. The highest BCUT2D eigenvalue weighted by Gasteiger charge is 2.73. The van der Waals surface area contributed by atoms with Gasteiger partial charge in [0.05, 0.1) is 0 Å². The Morgan fingerprint density at radius 2 is 1.13 bits per heavy atom. The molecule has 0 radical (unpaired) electrons. The maximum Gasteiger partial charge on any atom is 0.321 e. The molecule has 2 fully saturated rings. The molecule has 30 heavy (non-hydrogen) atoms. The second-order valence-electron chi connectivity index (χ2n) is 7.47. The van der Waals surface area contributed by atoms with E-state index in [-0.39, 0.29) is 12.1 Å². The number of nitrogens with zero attached hydrogens (tertiary/aromatic N) is 2. The molecule has 0 unspecified atom stereocenters. The van der Waals surface area contributed by atoms with Crippen LogP contribution in [0.1, 0.15) is 24.0 Å². The highest BCUT2D eigenvalue weighted by molar-refractivity contribution is 7.80. The van der Waals surface area contributed by atoms with Gasteiger partial charge in [-0.3, -0.25) is 9.80 Å². The predicted octanol–water partition coefficient (Wildman–Crippen LogP) is 3.38. The fourth-order valence-corrected chi connectivity index (χ4v) is 5.01. The van der Waals surface area contributed by atoms with Gasteiger partial charge in [0.1, 0.15) is 0 Å². The molecule has 2 N–H and O–H groups in total. The topological polar surface area (TPSA) is 64.7 Å². The lowest BCUT2D eigenvalue weighted by atomic mass is 9.81. The number of hydrogen-bond donors (Lipinski definition) is 4. The smallest absolute Gasteiger partial charge is 0.307 e. The maximum atomic E-state index is 13.4. The molecule has 2 aromatic rings. The third-order valence-electron chi connectivity index (χ3n) is 5.85. The summed E-state index contributed by atoms with van der Waals surface area (Å²) < 4.78 is 0. The zero-order chi connectivity index (χ0) is 21.2. The van der Waals surface area contributed by atoms with Crippen molar-refractivity contribution in [2.75, 3.05) is 24.6 Å². The van der Waals surface area contributed by atoms with Crippen LogP contribution in [0.2, 0.25) is 0 Å². The van der Waals surface area contributed by atoms with Gasteiger partial charge in [0.25, 0.3) is 0 Å². The molecule has 2 aromatic carbocycles. The average Bonchev–Trinajstić information content (AvgIpc) is 3.17. The molecule has 0 atom stereocenters. The van der Waals surface area contributed by atoms with Crippen molar-refractivity contribution in [2.45, 2.75) is 24.2 Å². The zero-order valence-corrected chi connectivity index (χ0v) is 18.4. The minimum Gasteiger partial charge on any atom is -0.307 e. The summed E-state index contributed by atoms with van der Waals surface area (Å²) in [5, 5.41) is 6.30. The van der Waals surface area contributed by atoms with Crippen LogP contribution in [-0.4, -0.2) is 46.5 Å². The van der Waals surface area contributed by atoms with Crippen LogP contribution in [0.3, 0.4) is 0 Å². The first-order chi connectivity index (χ1) is 14.6. The van der Waals surface area contributed by atoms with Crippen molar-refractivity contribution in [1.29, 1.82) is 0 Å². The summed E-state index contributed by atoms with van der Waals surface area (Å²) in [6.07, 6.45) is 1.43. The molecule has 4 rings (SSSR count). The van der Waals surface area contributed by atoms with E-state index in [1.807, 2.05) is 60.7 Å². The first-order valence-electron chi connectivity index (χ1n) is 10.1. The van der Waals surface area contributed by atoms with E-state index in [0.29, 0.717) is 37.4 Å². The van der Waals surface area contributed by atoms with Crippen molar-refractivity contribution < 1.29 is 9.59 Å². The van der Waals surface area contributed by atoms with Crippen LogP contribution >= 0.6 is 25.3 Å². The summed E-state index contributed by atoms with van der Waals surface area (Å²) in [7, 11) is 0. The zero-order valence-electron chi connectivity index (χ0n) is 16.6. The molecular formula is C22H26N4O2S2. The van der Waals surface area contributed by atoms with Gasteiger partial charge in [-0.25, -0.2) is 9.59 Å². The van der Waals surface area contributed by atoms with E-state index in [1.54, 1.807) is 9.80 Å². The van der Waals surface area contributed by atoms with E-state index in [1.165, 1.54) is 0 Å². The summed E-state index contributed by atoms with van der Waals surface area (Å²) in [5.41, 5.74) is -0.451. The third kappa shape index (κ3) is 2.96. The number of rotatable bonds is 8. The quantitative estimate of drug-likeness (QED) is 0.474. The molecular weight excluding hydrogens is 416 g/mol. The second-order valence-corrected chi connectivity index (χ2v) is 8.37. The van der Waals surface area contributed by atoms with Crippen molar-refractivity contribution in [3.05, 3.63) is 71.8 Å². The predicted molar refractivity (Wildman–Crippen MR) is 124 cm³/mol. The number of amides is 4. The Morgan fingerprint density at radius 3 is 1.57 bits per heavy atom. The Balaban J connectivity index is 2.00. The van der Waals surface area contributed by atoms with Gasteiger partial charge in [-0.05, 0) is 24.3 Å².